The van der Waals surface area contributed by atoms with E-state index in [1.807, 2.05) is 24.3 Å². The van der Waals surface area contributed by atoms with Crippen molar-refractivity contribution in [3.63, 3.8) is 0 Å². The summed E-state index contributed by atoms with van der Waals surface area (Å²) < 4.78 is 0. The maximum atomic E-state index is 9.32. The fourth-order valence-corrected chi connectivity index (χ4v) is 2.72. The molecule has 2 aromatic rings. The second-order valence-electron chi connectivity index (χ2n) is 4.95. The molecule has 0 saturated carbocycles. The van der Waals surface area contributed by atoms with Crippen LogP contribution in [0.3, 0.4) is 0 Å². The lowest BCUT2D eigenvalue weighted by Crippen LogP contribution is -2.46. The Morgan fingerprint density at radius 3 is 2.60 bits per heavy atom. The molecule has 2 heterocycles. The highest BCUT2D eigenvalue weighted by Crippen LogP contribution is 2.28. The number of benzene rings is 1. The van der Waals surface area contributed by atoms with E-state index >= 15 is 0 Å². The van der Waals surface area contributed by atoms with Crippen molar-refractivity contribution in [3.8, 4) is 6.07 Å². The average molecular weight is 267 g/mol. The molecule has 102 valence electrons. The van der Waals surface area contributed by atoms with Gasteiger partial charge in [-0.15, -0.1) is 10.2 Å². The van der Waals surface area contributed by atoms with E-state index in [-0.39, 0.29) is 0 Å². The molecule has 0 amide bonds. The van der Waals surface area contributed by atoms with E-state index in [1.54, 1.807) is 0 Å². The average Bonchev–Trinajstić information content (AvgIpc) is 2.54. The Hall–Kier alpha value is -2.19. The van der Waals surface area contributed by atoms with E-state index in [0.29, 0.717) is 5.69 Å². The van der Waals surface area contributed by atoms with E-state index in [0.717, 1.165) is 49.3 Å². The van der Waals surface area contributed by atoms with Crippen molar-refractivity contribution in [3.05, 3.63) is 30.0 Å². The predicted octanol–water partition coefficient (Wildman–Crippen LogP) is 1.64. The molecule has 1 aromatic carbocycles. The Bertz CT molecular complexity index is 653. The minimum absolute atomic E-state index is 0.425. The molecule has 0 bridgehead atoms. The maximum absolute atomic E-state index is 9.32. The zero-order valence-corrected chi connectivity index (χ0v) is 11.6. The molecule has 1 saturated heterocycles. The highest BCUT2D eigenvalue weighted by Gasteiger charge is 2.21. The van der Waals surface area contributed by atoms with Gasteiger partial charge in [0.05, 0.1) is 11.2 Å². The summed E-state index contributed by atoms with van der Waals surface area (Å²) in [6, 6.07) is 10.1. The zero-order valence-electron chi connectivity index (χ0n) is 11.6. The van der Waals surface area contributed by atoms with Crippen LogP contribution in [0.25, 0.3) is 10.9 Å². The molecule has 3 rings (SSSR count). The van der Waals surface area contributed by atoms with Gasteiger partial charge in [-0.1, -0.05) is 25.1 Å². The van der Waals surface area contributed by atoms with Gasteiger partial charge in [0.15, 0.2) is 5.69 Å². The van der Waals surface area contributed by atoms with Gasteiger partial charge >= 0.3 is 0 Å². The summed E-state index contributed by atoms with van der Waals surface area (Å²) >= 11 is 0. The minimum atomic E-state index is 0.425. The summed E-state index contributed by atoms with van der Waals surface area (Å²) in [4.78, 5) is 4.68. The maximum Gasteiger partial charge on any atom is 0.187 e. The van der Waals surface area contributed by atoms with Crippen LogP contribution in [0, 0.1) is 11.3 Å². The summed E-state index contributed by atoms with van der Waals surface area (Å²) in [6.07, 6.45) is 0. The van der Waals surface area contributed by atoms with Crippen molar-refractivity contribution >= 4 is 16.6 Å². The van der Waals surface area contributed by atoms with Gasteiger partial charge in [-0.05, 0) is 12.6 Å². The number of piperazine rings is 1. The lowest BCUT2D eigenvalue weighted by atomic mass is 10.1. The fourth-order valence-electron chi connectivity index (χ4n) is 2.72. The van der Waals surface area contributed by atoms with Crippen LogP contribution in [0.1, 0.15) is 12.6 Å². The highest BCUT2D eigenvalue weighted by atomic mass is 15.3. The number of likely N-dealkylation sites (N-methyl/N-ethyl adjacent to an activating group) is 1. The first-order valence-corrected chi connectivity index (χ1v) is 6.96. The summed E-state index contributed by atoms with van der Waals surface area (Å²) in [5, 5.41) is 18.5. The lowest BCUT2D eigenvalue weighted by Gasteiger charge is -2.36. The van der Waals surface area contributed by atoms with Crippen molar-refractivity contribution in [2.45, 2.75) is 6.92 Å². The monoisotopic (exact) mass is 267 g/mol. The lowest BCUT2D eigenvalue weighted by molar-refractivity contribution is 0.271. The largest absolute Gasteiger partial charge is 0.366 e. The molecule has 1 fully saturated rings. The van der Waals surface area contributed by atoms with Crippen molar-refractivity contribution in [2.24, 2.45) is 0 Å². The molecule has 0 atom stereocenters. The summed E-state index contributed by atoms with van der Waals surface area (Å²) in [5.41, 5.74) is 2.21. The van der Waals surface area contributed by atoms with Gasteiger partial charge in [-0.25, -0.2) is 0 Å². The third-order valence-corrected chi connectivity index (χ3v) is 3.88. The standard InChI is InChI=1S/C15H17N5/c1-2-19-7-9-20(10-8-19)15-12-5-3-4-6-13(12)17-18-14(15)11-16/h3-6H,2,7-10H2,1H3. The van der Waals surface area contributed by atoms with Crippen molar-refractivity contribution in [1.29, 1.82) is 5.26 Å². The van der Waals surface area contributed by atoms with Crippen LogP contribution in [-0.4, -0.2) is 47.8 Å². The van der Waals surface area contributed by atoms with Gasteiger partial charge in [0.25, 0.3) is 0 Å². The molecule has 5 heteroatoms. The predicted molar refractivity (Wildman–Crippen MR) is 78.6 cm³/mol. The van der Waals surface area contributed by atoms with Crippen LogP contribution in [0.4, 0.5) is 5.69 Å². The number of anilines is 1. The van der Waals surface area contributed by atoms with Gasteiger partial charge in [0, 0.05) is 31.6 Å². The minimum Gasteiger partial charge on any atom is -0.366 e. The number of rotatable bonds is 2. The second-order valence-corrected chi connectivity index (χ2v) is 4.95. The molecule has 5 nitrogen and oxygen atoms in total. The van der Waals surface area contributed by atoms with Crippen molar-refractivity contribution in [1.82, 2.24) is 15.1 Å². The van der Waals surface area contributed by atoms with Crippen molar-refractivity contribution < 1.29 is 0 Å². The van der Waals surface area contributed by atoms with Crippen LogP contribution >= 0.6 is 0 Å². The normalized spacial score (nSPS) is 16.3. The number of hydrogen-bond donors (Lipinski definition) is 0. The Morgan fingerprint density at radius 2 is 1.90 bits per heavy atom. The highest BCUT2D eigenvalue weighted by molar-refractivity contribution is 5.93. The Balaban J connectivity index is 2.04. The van der Waals surface area contributed by atoms with Gasteiger partial charge in [0.1, 0.15) is 6.07 Å². The fraction of sp³-hybridized carbons (Fsp3) is 0.400. The Morgan fingerprint density at radius 1 is 1.15 bits per heavy atom. The first-order chi connectivity index (χ1) is 9.83. The van der Waals surface area contributed by atoms with E-state index in [9.17, 15) is 5.26 Å². The van der Waals surface area contributed by atoms with Crippen LogP contribution < -0.4 is 4.90 Å². The summed E-state index contributed by atoms with van der Waals surface area (Å²) in [5.74, 6) is 0. The number of hydrogen-bond acceptors (Lipinski definition) is 5. The first-order valence-electron chi connectivity index (χ1n) is 6.96. The Labute approximate surface area is 118 Å². The molecule has 1 aromatic heterocycles. The number of nitriles is 1. The van der Waals surface area contributed by atoms with Gasteiger partial charge in [0.2, 0.25) is 0 Å². The molecule has 0 spiro atoms. The zero-order chi connectivity index (χ0) is 13.9. The molecule has 0 radical (unpaired) electrons. The molecular weight excluding hydrogens is 250 g/mol. The second kappa shape index (κ2) is 5.43. The molecule has 1 aliphatic heterocycles. The molecule has 0 N–H and O–H groups in total. The third-order valence-electron chi connectivity index (χ3n) is 3.88. The number of fused-ring (bicyclic) bond motifs is 1. The SMILES string of the molecule is CCN1CCN(c2c(C#N)nnc3ccccc23)CC1. The number of nitrogens with zero attached hydrogens (tertiary/aromatic N) is 5. The van der Waals surface area contributed by atoms with Crippen LogP contribution in [0.2, 0.25) is 0 Å². The van der Waals surface area contributed by atoms with Gasteiger partial charge in [-0.3, -0.25) is 0 Å². The first kappa shape index (κ1) is 12.8. The summed E-state index contributed by atoms with van der Waals surface area (Å²) in [7, 11) is 0. The molecule has 20 heavy (non-hydrogen) atoms. The third kappa shape index (κ3) is 2.19. The molecule has 0 aliphatic carbocycles. The van der Waals surface area contributed by atoms with E-state index in [4.69, 9.17) is 0 Å². The van der Waals surface area contributed by atoms with E-state index in [2.05, 4.69) is 33.0 Å². The van der Waals surface area contributed by atoms with E-state index in [1.165, 1.54) is 0 Å². The molecular formula is C15H17N5. The quantitative estimate of drug-likeness (QED) is 0.828. The van der Waals surface area contributed by atoms with E-state index < -0.39 is 0 Å². The molecule has 1 aliphatic rings. The summed E-state index contributed by atoms with van der Waals surface area (Å²) in [6.45, 7) is 7.17. The topological polar surface area (TPSA) is 56.0 Å². The van der Waals surface area contributed by atoms with Crippen LogP contribution in [0.15, 0.2) is 24.3 Å². The van der Waals surface area contributed by atoms with Crippen molar-refractivity contribution in [2.75, 3.05) is 37.6 Å². The van der Waals surface area contributed by atoms with Crippen LogP contribution in [-0.2, 0) is 0 Å². The molecule has 0 unspecified atom stereocenters. The Kier molecular flexibility index (Phi) is 3.48. The van der Waals surface area contributed by atoms with Crippen LogP contribution in [0.5, 0.6) is 0 Å². The number of aromatic nitrogens is 2. The van der Waals surface area contributed by atoms with Gasteiger partial charge < -0.3 is 9.80 Å². The smallest absolute Gasteiger partial charge is 0.187 e. The van der Waals surface area contributed by atoms with Gasteiger partial charge in [-0.2, -0.15) is 5.26 Å².